The van der Waals surface area contributed by atoms with Crippen LogP contribution < -0.4 is 11.5 Å². The summed E-state index contributed by atoms with van der Waals surface area (Å²) in [4.78, 5) is 24.2. The van der Waals surface area contributed by atoms with Crippen molar-refractivity contribution in [3.8, 4) is 11.5 Å². The molecule has 0 fully saturated rings. The maximum Gasteiger partial charge on any atom is 0.254 e. The standard InChI is InChI=1S/C15H13N5O/c1-8-12(14(17)21)13(16)20-15(18-8)11-7-6-9-4-2-3-5-10(9)19-11/h2-7H,1H3,(H2,17,21)(H2,16,18,20). The van der Waals surface area contributed by atoms with E-state index in [-0.39, 0.29) is 11.4 Å². The molecule has 0 atom stereocenters. The monoisotopic (exact) mass is 279 g/mol. The van der Waals surface area contributed by atoms with Crippen LogP contribution in [0.2, 0.25) is 0 Å². The molecule has 21 heavy (non-hydrogen) atoms. The number of amides is 1. The Kier molecular flexibility index (Phi) is 2.98. The van der Waals surface area contributed by atoms with Crippen LogP contribution in [0.3, 0.4) is 0 Å². The first-order valence-electron chi connectivity index (χ1n) is 6.36. The van der Waals surface area contributed by atoms with Gasteiger partial charge in [-0.25, -0.2) is 15.0 Å². The van der Waals surface area contributed by atoms with E-state index in [9.17, 15) is 4.79 Å². The maximum absolute atomic E-state index is 11.3. The first kappa shape index (κ1) is 13.0. The van der Waals surface area contributed by atoms with Gasteiger partial charge in [0.05, 0.1) is 11.2 Å². The first-order valence-corrected chi connectivity index (χ1v) is 6.36. The van der Waals surface area contributed by atoms with Gasteiger partial charge in [0.25, 0.3) is 5.91 Å². The fourth-order valence-electron chi connectivity index (χ4n) is 2.20. The summed E-state index contributed by atoms with van der Waals surface area (Å²) in [5, 5.41) is 1.03. The zero-order valence-corrected chi connectivity index (χ0v) is 11.4. The third kappa shape index (κ3) is 2.27. The zero-order valence-electron chi connectivity index (χ0n) is 11.4. The van der Waals surface area contributed by atoms with E-state index >= 15 is 0 Å². The van der Waals surface area contributed by atoms with Crippen LogP contribution >= 0.6 is 0 Å². The molecule has 0 saturated carbocycles. The van der Waals surface area contributed by atoms with Crippen molar-refractivity contribution in [2.75, 3.05) is 5.73 Å². The summed E-state index contributed by atoms with van der Waals surface area (Å²) in [6.45, 7) is 1.67. The van der Waals surface area contributed by atoms with E-state index in [1.165, 1.54) is 0 Å². The van der Waals surface area contributed by atoms with Crippen molar-refractivity contribution >= 4 is 22.6 Å². The Morgan fingerprint density at radius 3 is 2.52 bits per heavy atom. The molecule has 4 N–H and O–H groups in total. The van der Waals surface area contributed by atoms with Crippen LogP contribution in [0.5, 0.6) is 0 Å². The molecular weight excluding hydrogens is 266 g/mol. The number of carbonyl (C=O) groups excluding carboxylic acids is 1. The number of nitrogens with two attached hydrogens (primary N) is 2. The van der Waals surface area contributed by atoms with Gasteiger partial charge < -0.3 is 11.5 Å². The van der Waals surface area contributed by atoms with Gasteiger partial charge in [-0.3, -0.25) is 4.79 Å². The van der Waals surface area contributed by atoms with E-state index in [0.717, 1.165) is 10.9 Å². The second-order valence-electron chi connectivity index (χ2n) is 4.65. The second-order valence-corrected chi connectivity index (χ2v) is 4.65. The van der Waals surface area contributed by atoms with E-state index in [2.05, 4.69) is 15.0 Å². The molecule has 1 aromatic carbocycles. The summed E-state index contributed by atoms with van der Waals surface area (Å²) in [6, 6.07) is 11.5. The molecule has 3 aromatic rings. The van der Waals surface area contributed by atoms with Gasteiger partial charge >= 0.3 is 0 Å². The van der Waals surface area contributed by atoms with E-state index in [4.69, 9.17) is 11.5 Å². The highest BCUT2D eigenvalue weighted by molar-refractivity contribution is 5.98. The molecule has 0 saturated heterocycles. The van der Waals surface area contributed by atoms with Crippen molar-refractivity contribution < 1.29 is 4.79 Å². The first-order chi connectivity index (χ1) is 10.1. The number of pyridine rings is 1. The Balaban J connectivity index is 2.16. The predicted molar refractivity (Wildman–Crippen MR) is 80.4 cm³/mol. The molecule has 0 unspecified atom stereocenters. The van der Waals surface area contributed by atoms with Gasteiger partial charge in [0.1, 0.15) is 17.1 Å². The molecule has 2 aromatic heterocycles. The van der Waals surface area contributed by atoms with E-state index < -0.39 is 5.91 Å². The Morgan fingerprint density at radius 2 is 1.81 bits per heavy atom. The fraction of sp³-hybridized carbons (Fsp3) is 0.0667. The minimum Gasteiger partial charge on any atom is -0.383 e. The number of primary amides is 1. The number of aromatic nitrogens is 3. The summed E-state index contributed by atoms with van der Waals surface area (Å²) >= 11 is 0. The number of hydrogen-bond donors (Lipinski definition) is 2. The summed E-state index contributed by atoms with van der Waals surface area (Å²) in [6.07, 6.45) is 0. The number of rotatable bonds is 2. The highest BCUT2D eigenvalue weighted by Gasteiger charge is 2.15. The van der Waals surface area contributed by atoms with Crippen molar-refractivity contribution in [2.45, 2.75) is 6.92 Å². The van der Waals surface area contributed by atoms with Crippen LogP contribution in [0.1, 0.15) is 16.1 Å². The van der Waals surface area contributed by atoms with Crippen LogP contribution in [-0.4, -0.2) is 20.9 Å². The second kappa shape index (κ2) is 4.82. The van der Waals surface area contributed by atoms with Crippen LogP contribution in [0.4, 0.5) is 5.82 Å². The molecule has 0 aliphatic heterocycles. The topological polar surface area (TPSA) is 108 Å². The summed E-state index contributed by atoms with van der Waals surface area (Å²) in [7, 11) is 0. The quantitative estimate of drug-likeness (QED) is 0.742. The molecule has 6 heteroatoms. The average molecular weight is 279 g/mol. The van der Waals surface area contributed by atoms with Crippen molar-refractivity contribution in [3.63, 3.8) is 0 Å². The number of anilines is 1. The van der Waals surface area contributed by atoms with Gasteiger partial charge in [-0.2, -0.15) is 0 Å². The van der Waals surface area contributed by atoms with Crippen molar-refractivity contribution in [1.29, 1.82) is 0 Å². The minimum atomic E-state index is -0.636. The number of aryl methyl sites for hydroxylation is 1. The van der Waals surface area contributed by atoms with Gasteiger partial charge in [-0.15, -0.1) is 0 Å². The Hall–Kier alpha value is -3.02. The van der Waals surface area contributed by atoms with E-state index in [1.807, 2.05) is 36.4 Å². The molecule has 0 bridgehead atoms. The van der Waals surface area contributed by atoms with Crippen molar-refractivity contribution in [1.82, 2.24) is 15.0 Å². The molecule has 3 rings (SSSR count). The van der Waals surface area contributed by atoms with Gasteiger partial charge in [0, 0.05) is 5.39 Å². The molecule has 2 heterocycles. The number of hydrogen-bond acceptors (Lipinski definition) is 5. The lowest BCUT2D eigenvalue weighted by atomic mass is 10.2. The number of fused-ring (bicyclic) bond motifs is 1. The van der Waals surface area contributed by atoms with Crippen molar-refractivity contribution in [2.24, 2.45) is 5.73 Å². The normalized spacial score (nSPS) is 10.7. The molecule has 6 nitrogen and oxygen atoms in total. The van der Waals surface area contributed by atoms with E-state index in [0.29, 0.717) is 17.2 Å². The third-order valence-electron chi connectivity index (χ3n) is 3.19. The summed E-state index contributed by atoms with van der Waals surface area (Å²) in [5.74, 6) is -0.191. The largest absolute Gasteiger partial charge is 0.383 e. The van der Waals surface area contributed by atoms with Crippen molar-refractivity contribution in [3.05, 3.63) is 47.7 Å². The summed E-state index contributed by atoms with van der Waals surface area (Å²) < 4.78 is 0. The Bertz CT molecular complexity index is 837. The molecule has 104 valence electrons. The zero-order chi connectivity index (χ0) is 15.0. The van der Waals surface area contributed by atoms with Crippen LogP contribution in [0.25, 0.3) is 22.4 Å². The lowest BCUT2D eigenvalue weighted by Gasteiger charge is -2.08. The van der Waals surface area contributed by atoms with Gasteiger partial charge in [-0.05, 0) is 19.1 Å². The molecule has 0 radical (unpaired) electrons. The molecular formula is C15H13N5O. The SMILES string of the molecule is Cc1nc(-c2ccc3ccccc3n2)nc(N)c1C(N)=O. The molecule has 0 aliphatic rings. The van der Waals surface area contributed by atoms with Crippen LogP contribution in [0, 0.1) is 6.92 Å². The Labute approximate surface area is 120 Å². The maximum atomic E-state index is 11.3. The van der Waals surface area contributed by atoms with Gasteiger partial charge in [-0.1, -0.05) is 24.3 Å². The number of para-hydroxylation sites is 1. The molecule has 1 amide bonds. The number of benzene rings is 1. The van der Waals surface area contributed by atoms with Gasteiger partial charge in [0.15, 0.2) is 5.82 Å². The number of carbonyl (C=O) groups is 1. The highest BCUT2D eigenvalue weighted by atomic mass is 16.1. The summed E-state index contributed by atoms with van der Waals surface area (Å²) in [5.41, 5.74) is 13.1. The smallest absolute Gasteiger partial charge is 0.254 e. The lowest BCUT2D eigenvalue weighted by molar-refractivity contribution is 0.1000. The molecule has 0 spiro atoms. The van der Waals surface area contributed by atoms with E-state index in [1.54, 1.807) is 6.92 Å². The minimum absolute atomic E-state index is 0.0694. The van der Waals surface area contributed by atoms with Crippen LogP contribution in [0.15, 0.2) is 36.4 Å². The number of nitrogens with zero attached hydrogens (tertiary/aromatic N) is 3. The third-order valence-corrected chi connectivity index (χ3v) is 3.19. The Morgan fingerprint density at radius 1 is 1.05 bits per heavy atom. The average Bonchev–Trinajstić information content (AvgIpc) is 2.45. The van der Waals surface area contributed by atoms with Crippen LogP contribution in [-0.2, 0) is 0 Å². The number of nitrogen functional groups attached to an aromatic ring is 1. The van der Waals surface area contributed by atoms with Gasteiger partial charge in [0.2, 0.25) is 0 Å². The fourth-order valence-corrected chi connectivity index (χ4v) is 2.20. The lowest BCUT2D eigenvalue weighted by Crippen LogP contribution is -2.18. The highest BCUT2D eigenvalue weighted by Crippen LogP contribution is 2.21. The predicted octanol–water partition coefficient (Wildman–Crippen LogP) is 1.68. The molecule has 0 aliphatic carbocycles.